The first-order valence-electron chi connectivity index (χ1n) is 4.02. The fraction of sp³-hybridized carbons (Fsp3) is 0.750. The van der Waals surface area contributed by atoms with E-state index in [2.05, 4.69) is 4.74 Å². The molecule has 0 radical (unpaired) electrons. The van der Waals surface area contributed by atoms with Gasteiger partial charge in [-0.2, -0.15) is 0 Å². The first-order valence-corrected chi connectivity index (χ1v) is 4.02. The molecular weight excluding hydrogens is 240 g/mol. The number of carbonyl (C=O) groups excluding carboxylic acids is 1. The van der Waals surface area contributed by atoms with Gasteiger partial charge in [-0.25, -0.2) is 0 Å². The van der Waals surface area contributed by atoms with Crippen molar-refractivity contribution >= 4 is 28.9 Å². The maximum absolute atomic E-state index is 11.0. The van der Waals surface area contributed by atoms with Gasteiger partial charge < -0.3 is 9.84 Å². The number of ether oxygens (including phenoxy) is 1. The number of rotatable bonds is 5. The van der Waals surface area contributed by atoms with Crippen LogP contribution < -0.4 is 0 Å². The minimum absolute atomic E-state index is 0. The Balaban J connectivity index is 0. The van der Waals surface area contributed by atoms with Gasteiger partial charge >= 0.3 is 11.9 Å². The third-order valence-corrected chi connectivity index (χ3v) is 1.45. The van der Waals surface area contributed by atoms with Gasteiger partial charge in [-0.3, -0.25) is 9.59 Å². The zero-order valence-electron chi connectivity index (χ0n) is 7.78. The van der Waals surface area contributed by atoms with Crippen LogP contribution in [0.15, 0.2) is 0 Å². The molecule has 0 heterocycles. The average molecular weight is 255 g/mol. The van der Waals surface area contributed by atoms with E-state index in [0.29, 0.717) is 12.8 Å². The van der Waals surface area contributed by atoms with Gasteiger partial charge in [0.05, 0.1) is 6.61 Å². The highest BCUT2D eigenvalue weighted by Crippen LogP contribution is 2.08. The fourth-order valence-corrected chi connectivity index (χ4v) is 0.874. The Morgan fingerprint density at radius 1 is 1.38 bits per heavy atom. The molecule has 0 aliphatic carbocycles. The Hall–Kier alpha value is -0.580. The maximum atomic E-state index is 11.0. The molecule has 0 saturated carbocycles. The first-order chi connectivity index (χ1) is 5.63. The molecule has 4 nitrogen and oxygen atoms in total. The summed E-state index contributed by atoms with van der Waals surface area (Å²) in [5, 5.41) is 8.60. The lowest BCUT2D eigenvalue weighted by atomic mass is 10.0. The van der Waals surface area contributed by atoms with Crippen LogP contribution in [0.4, 0.5) is 0 Å². The van der Waals surface area contributed by atoms with Crippen LogP contribution in [-0.2, 0) is 14.3 Å². The van der Waals surface area contributed by atoms with Crippen molar-refractivity contribution in [3.63, 3.8) is 0 Å². The van der Waals surface area contributed by atoms with Gasteiger partial charge in [0, 0.05) is 0 Å². The topological polar surface area (TPSA) is 63.6 Å². The number of halogens is 1. The quantitative estimate of drug-likeness (QED) is 0.599. The molecule has 0 aromatic rings. The molecule has 13 heavy (non-hydrogen) atoms. The molecule has 0 aromatic heterocycles. The highest BCUT2D eigenvalue weighted by Gasteiger charge is 2.26. The lowest BCUT2D eigenvalue weighted by Gasteiger charge is -2.08. The SMILES string of the molecule is Br.CCCC(C(=O)O)C(=O)OCC. The Bertz CT molecular complexity index is 170. The summed E-state index contributed by atoms with van der Waals surface area (Å²) in [6, 6.07) is 0. The molecular formula is C8H15BrO4. The molecule has 78 valence electrons. The summed E-state index contributed by atoms with van der Waals surface area (Å²) >= 11 is 0. The Morgan fingerprint density at radius 3 is 2.23 bits per heavy atom. The summed E-state index contributed by atoms with van der Waals surface area (Å²) in [5.74, 6) is -2.72. The van der Waals surface area contributed by atoms with Crippen LogP contribution in [-0.4, -0.2) is 23.7 Å². The molecule has 0 amide bonds. The molecule has 0 rings (SSSR count). The van der Waals surface area contributed by atoms with Crippen LogP contribution in [0.3, 0.4) is 0 Å². The average Bonchev–Trinajstić information content (AvgIpc) is 1.99. The highest BCUT2D eigenvalue weighted by molar-refractivity contribution is 8.93. The van der Waals surface area contributed by atoms with Crippen LogP contribution in [0.25, 0.3) is 0 Å². The van der Waals surface area contributed by atoms with E-state index in [4.69, 9.17) is 5.11 Å². The monoisotopic (exact) mass is 254 g/mol. The minimum Gasteiger partial charge on any atom is -0.481 e. The molecule has 0 saturated heterocycles. The molecule has 0 aromatic carbocycles. The Kier molecular flexibility index (Phi) is 9.22. The molecule has 0 spiro atoms. The smallest absolute Gasteiger partial charge is 0.320 e. The van der Waals surface area contributed by atoms with Crippen molar-refractivity contribution in [2.24, 2.45) is 5.92 Å². The van der Waals surface area contributed by atoms with Gasteiger partial charge in [-0.15, -0.1) is 17.0 Å². The largest absolute Gasteiger partial charge is 0.481 e. The van der Waals surface area contributed by atoms with Crippen molar-refractivity contribution in [3.05, 3.63) is 0 Å². The maximum Gasteiger partial charge on any atom is 0.320 e. The van der Waals surface area contributed by atoms with Crippen LogP contribution in [0.2, 0.25) is 0 Å². The van der Waals surface area contributed by atoms with Crippen molar-refractivity contribution in [2.45, 2.75) is 26.7 Å². The van der Waals surface area contributed by atoms with Gasteiger partial charge in [0.25, 0.3) is 0 Å². The summed E-state index contributed by atoms with van der Waals surface area (Å²) in [6.07, 6.45) is 1.00. The molecule has 0 aliphatic heterocycles. The molecule has 0 fully saturated rings. The van der Waals surface area contributed by atoms with Crippen molar-refractivity contribution in [1.29, 1.82) is 0 Å². The summed E-state index contributed by atoms with van der Waals surface area (Å²) < 4.78 is 4.60. The number of hydrogen-bond acceptors (Lipinski definition) is 3. The molecule has 0 bridgehead atoms. The summed E-state index contributed by atoms with van der Waals surface area (Å²) in [5.41, 5.74) is 0. The van der Waals surface area contributed by atoms with Crippen molar-refractivity contribution in [2.75, 3.05) is 6.61 Å². The molecule has 1 atom stereocenters. The van der Waals surface area contributed by atoms with E-state index in [9.17, 15) is 9.59 Å². The number of carboxylic acids is 1. The second-order valence-corrected chi connectivity index (χ2v) is 2.43. The lowest BCUT2D eigenvalue weighted by Crippen LogP contribution is -2.25. The highest BCUT2D eigenvalue weighted by atomic mass is 79.9. The van der Waals surface area contributed by atoms with Crippen LogP contribution in [0.5, 0.6) is 0 Å². The number of carbonyl (C=O) groups is 2. The second kappa shape index (κ2) is 8.04. The normalized spacial score (nSPS) is 11.2. The fourth-order valence-electron chi connectivity index (χ4n) is 0.874. The van der Waals surface area contributed by atoms with Gasteiger partial charge in [-0.1, -0.05) is 13.3 Å². The van der Waals surface area contributed by atoms with E-state index >= 15 is 0 Å². The van der Waals surface area contributed by atoms with E-state index in [1.807, 2.05) is 6.92 Å². The Labute approximate surface area is 88.0 Å². The second-order valence-electron chi connectivity index (χ2n) is 2.43. The van der Waals surface area contributed by atoms with E-state index in [1.165, 1.54) is 0 Å². The standard InChI is InChI=1S/C8H14O4.BrH/c1-3-5-6(7(9)10)8(11)12-4-2;/h6H,3-5H2,1-2H3,(H,9,10);1H. The molecule has 0 aliphatic rings. The van der Waals surface area contributed by atoms with Crippen molar-refractivity contribution in [3.8, 4) is 0 Å². The minimum atomic E-state index is -1.10. The van der Waals surface area contributed by atoms with Gasteiger partial charge in [0.15, 0.2) is 5.92 Å². The summed E-state index contributed by atoms with van der Waals surface area (Å²) in [4.78, 5) is 21.5. The van der Waals surface area contributed by atoms with Gasteiger partial charge in [0.1, 0.15) is 0 Å². The predicted octanol–water partition coefficient (Wildman–Crippen LogP) is 1.63. The van der Waals surface area contributed by atoms with E-state index in [-0.39, 0.29) is 23.6 Å². The zero-order valence-corrected chi connectivity index (χ0v) is 9.49. The third-order valence-electron chi connectivity index (χ3n) is 1.45. The Morgan fingerprint density at radius 2 is 1.92 bits per heavy atom. The van der Waals surface area contributed by atoms with E-state index in [0.717, 1.165) is 0 Å². The van der Waals surface area contributed by atoms with Crippen LogP contribution in [0, 0.1) is 5.92 Å². The molecule has 1 N–H and O–H groups in total. The number of carboxylic acid groups (broad SMARTS) is 1. The summed E-state index contributed by atoms with van der Waals surface area (Å²) in [6.45, 7) is 3.71. The van der Waals surface area contributed by atoms with Crippen molar-refractivity contribution in [1.82, 2.24) is 0 Å². The summed E-state index contributed by atoms with van der Waals surface area (Å²) in [7, 11) is 0. The van der Waals surface area contributed by atoms with Gasteiger partial charge in [0.2, 0.25) is 0 Å². The number of hydrogen-bond donors (Lipinski definition) is 1. The van der Waals surface area contributed by atoms with E-state index < -0.39 is 17.9 Å². The van der Waals surface area contributed by atoms with E-state index in [1.54, 1.807) is 6.92 Å². The van der Waals surface area contributed by atoms with Crippen LogP contribution >= 0.6 is 17.0 Å². The first kappa shape index (κ1) is 14.9. The molecule has 5 heteroatoms. The lowest BCUT2D eigenvalue weighted by molar-refractivity contribution is -0.158. The predicted molar refractivity (Wildman–Crippen MR) is 53.0 cm³/mol. The number of esters is 1. The van der Waals surface area contributed by atoms with Crippen LogP contribution in [0.1, 0.15) is 26.7 Å². The van der Waals surface area contributed by atoms with Gasteiger partial charge in [-0.05, 0) is 13.3 Å². The third kappa shape index (κ3) is 5.63. The molecule has 1 unspecified atom stereocenters. The number of aliphatic carboxylic acids is 1. The zero-order chi connectivity index (χ0) is 9.56. The van der Waals surface area contributed by atoms with Crippen molar-refractivity contribution < 1.29 is 19.4 Å².